The Balaban J connectivity index is 1.55. The summed E-state index contributed by atoms with van der Waals surface area (Å²) < 4.78 is 11.0. The van der Waals surface area contributed by atoms with Gasteiger partial charge in [-0.25, -0.2) is 4.98 Å². The average molecular weight is 409 g/mol. The van der Waals surface area contributed by atoms with Crippen molar-refractivity contribution in [1.82, 2.24) is 10.3 Å². The molecule has 0 saturated carbocycles. The Morgan fingerprint density at radius 2 is 2.07 bits per heavy atom. The van der Waals surface area contributed by atoms with Crippen LogP contribution >= 0.6 is 0 Å². The Kier molecular flexibility index (Phi) is 7.12. The molecule has 1 unspecified atom stereocenters. The first kappa shape index (κ1) is 21.4. The number of aromatic nitrogens is 1. The molecule has 1 atom stereocenters. The van der Waals surface area contributed by atoms with E-state index in [4.69, 9.17) is 14.7 Å². The highest BCUT2D eigenvalue weighted by atomic mass is 16.5. The molecule has 0 bridgehead atoms. The lowest BCUT2D eigenvalue weighted by atomic mass is 9.95. The fraction of sp³-hybridized carbons (Fsp3) is 0.435. The summed E-state index contributed by atoms with van der Waals surface area (Å²) in [4.78, 5) is 19.3. The predicted molar refractivity (Wildman–Crippen MR) is 115 cm³/mol. The molecule has 1 aromatic heterocycles. The Morgan fingerprint density at radius 1 is 1.30 bits per heavy atom. The maximum Gasteiger partial charge on any atom is 0.223 e. The monoisotopic (exact) mass is 408 g/mol. The van der Waals surface area contributed by atoms with Crippen LogP contribution in [0.4, 0.5) is 5.82 Å². The molecule has 1 aliphatic heterocycles. The molecule has 1 aromatic carbocycles. The summed E-state index contributed by atoms with van der Waals surface area (Å²) in [5, 5.41) is 12.0. The van der Waals surface area contributed by atoms with Crippen molar-refractivity contribution in [2.24, 2.45) is 5.92 Å². The molecule has 0 spiro atoms. The van der Waals surface area contributed by atoms with Crippen molar-refractivity contribution in [1.29, 1.82) is 5.26 Å². The lowest BCUT2D eigenvalue weighted by Gasteiger charge is -2.32. The first-order valence-electron chi connectivity index (χ1n) is 10.3. The largest absolute Gasteiger partial charge is 0.493 e. The molecule has 2 heterocycles. The summed E-state index contributed by atoms with van der Waals surface area (Å²) >= 11 is 0. The summed E-state index contributed by atoms with van der Waals surface area (Å²) in [6.07, 6.45) is 3.13. The Hall–Kier alpha value is -3.27. The van der Waals surface area contributed by atoms with Crippen LogP contribution in [0, 0.1) is 17.2 Å². The van der Waals surface area contributed by atoms with Gasteiger partial charge in [-0.15, -0.1) is 0 Å². The zero-order valence-corrected chi connectivity index (χ0v) is 17.7. The van der Waals surface area contributed by atoms with Crippen molar-refractivity contribution < 1.29 is 14.3 Å². The zero-order chi connectivity index (χ0) is 21.5. The van der Waals surface area contributed by atoms with Crippen LogP contribution < -0.4 is 19.7 Å². The van der Waals surface area contributed by atoms with E-state index in [2.05, 4.69) is 21.3 Å². The third-order valence-corrected chi connectivity index (χ3v) is 5.41. The number of nitrogens with zero attached hydrogens (tertiary/aromatic N) is 3. The number of hydrogen-bond acceptors (Lipinski definition) is 6. The molecular weight excluding hydrogens is 380 g/mol. The number of rotatable bonds is 7. The zero-order valence-electron chi connectivity index (χ0n) is 17.7. The van der Waals surface area contributed by atoms with Crippen LogP contribution in [0.25, 0.3) is 0 Å². The van der Waals surface area contributed by atoms with Gasteiger partial charge in [0, 0.05) is 25.2 Å². The normalized spacial score (nSPS) is 15.2. The molecule has 1 amide bonds. The highest BCUT2D eigenvalue weighted by Crippen LogP contribution is 2.30. The topological polar surface area (TPSA) is 87.5 Å². The van der Waals surface area contributed by atoms with Crippen LogP contribution in [0.1, 0.15) is 43.9 Å². The lowest BCUT2D eigenvalue weighted by Crippen LogP contribution is -2.41. The summed E-state index contributed by atoms with van der Waals surface area (Å²) in [5.41, 5.74) is 1.52. The highest BCUT2D eigenvalue weighted by Gasteiger charge is 2.26. The molecule has 0 aliphatic carbocycles. The molecular formula is C23H28N4O3. The maximum absolute atomic E-state index is 12.8. The van der Waals surface area contributed by atoms with Gasteiger partial charge in [0.15, 0.2) is 11.5 Å². The van der Waals surface area contributed by atoms with Gasteiger partial charge in [0.2, 0.25) is 5.91 Å². The third kappa shape index (κ3) is 5.01. The van der Waals surface area contributed by atoms with Crippen molar-refractivity contribution in [3.63, 3.8) is 0 Å². The second-order valence-electron chi connectivity index (χ2n) is 7.35. The van der Waals surface area contributed by atoms with Gasteiger partial charge < -0.3 is 19.7 Å². The molecule has 158 valence electrons. The number of pyridine rings is 1. The number of amides is 1. The molecule has 7 nitrogen and oxygen atoms in total. The maximum atomic E-state index is 12.8. The number of nitrogens with one attached hydrogen (secondary N) is 1. The Labute approximate surface area is 177 Å². The summed E-state index contributed by atoms with van der Waals surface area (Å²) in [6, 6.07) is 11.3. The minimum absolute atomic E-state index is 0.0216. The van der Waals surface area contributed by atoms with E-state index in [1.54, 1.807) is 19.4 Å². The fourth-order valence-electron chi connectivity index (χ4n) is 3.65. The van der Waals surface area contributed by atoms with Crippen molar-refractivity contribution in [3.05, 3.63) is 47.7 Å². The number of ether oxygens (including phenoxy) is 2. The average Bonchev–Trinajstić information content (AvgIpc) is 2.79. The van der Waals surface area contributed by atoms with Gasteiger partial charge in [0.1, 0.15) is 11.9 Å². The quantitative estimate of drug-likeness (QED) is 0.755. The van der Waals surface area contributed by atoms with Crippen LogP contribution in [0.3, 0.4) is 0 Å². The molecule has 2 aromatic rings. The van der Waals surface area contributed by atoms with E-state index in [9.17, 15) is 4.79 Å². The minimum atomic E-state index is -0.125. The minimum Gasteiger partial charge on any atom is -0.493 e. The molecule has 30 heavy (non-hydrogen) atoms. The molecule has 0 radical (unpaired) electrons. The van der Waals surface area contributed by atoms with E-state index in [1.165, 1.54) is 0 Å². The highest BCUT2D eigenvalue weighted by molar-refractivity contribution is 5.79. The number of carbonyl (C=O) groups is 1. The third-order valence-electron chi connectivity index (χ3n) is 5.41. The van der Waals surface area contributed by atoms with E-state index in [0.717, 1.165) is 37.3 Å². The second kappa shape index (κ2) is 9.97. The van der Waals surface area contributed by atoms with Crippen LogP contribution in [0.5, 0.6) is 11.5 Å². The van der Waals surface area contributed by atoms with Gasteiger partial charge in [-0.05, 0) is 56.5 Å². The SMILES string of the molecule is CCOc1ccc(C(C)NC(=O)C2CCN(c3ccc(C#N)cn3)CC2)cc1OC. The summed E-state index contributed by atoms with van der Waals surface area (Å²) in [5.74, 6) is 2.27. The Morgan fingerprint density at radius 3 is 2.67 bits per heavy atom. The number of anilines is 1. The van der Waals surface area contributed by atoms with E-state index < -0.39 is 0 Å². The number of methoxy groups -OCH3 is 1. The van der Waals surface area contributed by atoms with Crippen molar-refractivity contribution in [2.45, 2.75) is 32.7 Å². The molecule has 3 rings (SSSR count). The lowest BCUT2D eigenvalue weighted by molar-refractivity contribution is -0.126. The summed E-state index contributed by atoms with van der Waals surface area (Å²) in [6.45, 7) is 6.00. The number of nitriles is 1. The molecule has 7 heteroatoms. The van der Waals surface area contributed by atoms with Gasteiger partial charge in [-0.2, -0.15) is 5.26 Å². The number of carbonyl (C=O) groups excluding carboxylic acids is 1. The number of hydrogen-bond donors (Lipinski definition) is 1. The van der Waals surface area contributed by atoms with Crippen LogP contribution in [0.15, 0.2) is 36.5 Å². The van der Waals surface area contributed by atoms with Crippen LogP contribution in [-0.4, -0.2) is 37.7 Å². The van der Waals surface area contributed by atoms with Crippen LogP contribution in [0.2, 0.25) is 0 Å². The smallest absolute Gasteiger partial charge is 0.223 e. The van der Waals surface area contributed by atoms with Crippen molar-refractivity contribution in [3.8, 4) is 17.6 Å². The van der Waals surface area contributed by atoms with E-state index in [-0.39, 0.29) is 17.9 Å². The molecule has 1 N–H and O–H groups in total. The molecule has 1 fully saturated rings. The predicted octanol–water partition coefficient (Wildman–Crippen LogP) is 3.45. The van der Waals surface area contributed by atoms with Crippen molar-refractivity contribution in [2.75, 3.05) is 31.7 Å². The van der Waals surface area contributed by atoms with Gasteiger partial charge in [-0.1, -0.05) is 6.07 Å². The van der Waals surface area contributed by atoms with Crippen LogP contribution in [-0.2, 0) is 4.79 Å². The standard InChI is InChI=1S/C23H28N4O3/c1-4-30-20-7-6-19(13-21(20)29-3)16(2)26-23(28)18-9-11-27(12-10-18)22-8-5-17(14-24)15-25-22/h5-8,13,15-16,18H,4,9-12H2,1-3H3,(H,26,28). The number of piperidine rings is 1. The van der Waals surface area contributed by atoms with E-state index in [0.29, 0.717) is 23.7 Å². The van der Waals surface area contributed by atoms with Gasteiger partial charge in [-0.3, -0.25) is 4.79 Å². The van der Waals surface area contributed by atoms with Gasteiger partial charge >= 0.3 is 0 Å². The summed E-state index contributed by atoms with van der Waals surface area (Å²) in [7, 11) is 1.61. The van der Waals surface area contributed by atoms with E-state index >= 15 is 0 Å². The first-order valence-corrected chi connectivity index (χ1v) is 10.3. The van der Waals surface area contributed by atoms with Crippen molar-refractivity contribution >= 4 is 11.7 Å². The second-order valence-corrected chi connectivity index (χ2v) is 7.35. The fourth-order valence-corrected chi connectivity index (χ4v) is 3.65. The molecule has 1 aliphatic rings. The van der Waals surface area contributed by atoms with E-state index in [1.807, 2.05) is 38.1 Å². The molecule has 1 saturated heterocycles. The van der Waals surface area contributed by atoms with Gasteiger partial charge in [0.25, 0.3) is 0 Å². The first-order chi connectivity index (χ1) is 14.5. The van der Waals surface area contributed by atoms with Gasteiger partial charge in [0.05, 0.1) is 25.3 Å². The number of benzene rings is 1. The Bertz CT molecular complexity index is 900.